The molecule has 7 nitrogen and oxygen atoms in total. The number of aliphatic imine (C=N–C) groups is 1. The number of aromatic nitrogens is 3. The first kappa shape index (κ1) is 15.1. The van der Waals surface area contributed by atoms with Gasteiger partial charge in [-0.2, -0.15) is 4.99 Å². The van der Waals surface area contributed by atoms with Crippen LogP contribution < -0.4 is 5.32 Å². The maximum Gasteiger partial charge on any atom is 0.276 e. The number of fused-ring (bicyclic) bond motifs is 1. The Labute approximate surface area is 144 Å². The van der Waals surface area contributed by atoms with Gasteiger partial charge in [0.1, 0.15) is 5.70 Å². The Morgan fingerprint density at radius 1 is 1.16 bits per heavy atom. The van der Waals surface area contributed by atoms with Crippen molar-refractivity contribution in [1.29, 1.82) is 0 Å². The van der Waals surface area contributed by atoms with Gasteiger partial charge in [0.25, 0.3) is 5.91 Å². The Morgan fingerprint density at radius 2 is 2.04 bits per heavy atom. The summed E-state index contributed by atoms with van der Waals surface area (Å²) in [5.41, 5.74) is 3.32. The molecule has 4 rings (SSSR count). The molecular weight excluding hydrogens is 316 g/mol. The van der Waals surface area contributed by atoms with Crippen molar-refractivity contribution in [3.8, 4) is 0 Å². The van der Waals surface area contributed by atoms with Crippen LogP contribution in [-0.4, -0.2) is 38.3 Å². The smallest absolute Gasteiger partial charge is 0.276 e. The number of benzene rings is 1. The highest BCUT2D eigenvalue weighted by Crippen LogP contribution is 2.19. The van der Waals surface area contributed by atoms with Crippen LogP contribution in [0.15, 0.2) is 59.6 Å². The summed E-state index contributed by atoms with van der Waals surface area (Å²) < 4.78 is 1.95. The third-order valence-electron chi connectivity index (χ3n) is 4.03. The summed E-state index contributed by atoms with van der Waals surface area (Å²) in [7, 11) is 3.62. The van der Waals surface area contributed by atoms with E-state index >= 15 is 0 Å². The molecule has 25 heavy (non-hydrogen) atoms. The molecule has 1 aliphatic rings. The predicted octanol–water partition coefficient (Wildman–Crippen LogP) is 2.06. The lowest BCUT2D eigenvalue weighted by Crippen LogP contribution is -2.27. The number of carbonyl (C=O) groups excluding carboxylic acids is 1. The van der Waals surface area contributed by atoms with E-state index in [1.54, 1.807) is 25.6 Å². The predicted molar refractivity (Wildman–Crippen MR) is 95.9 cm³/mol. The molecule has 1 saturated heterocycles. The topological polar surface area (TPSA) is 75.4 Å². The molecule has 0 atom stereocenters. The van der Waals surface area contributed by atoms with E-state index in [-0.39, 0.29) is 5.91 Å². The Morgan fingerprint density at radius 3 is 2.84 bits per heavy atom. The molecule has 3 aromatic rings. The lowest BCUT2D eigenvalue weighted by atomic mass is 10.1. The van der Waals surface area contributed by atoms with Crippen molar-refractivity contribution in [1.82, 2.24) is 24.8 Å². The molecule has 1 fully saturated rings. The first-order chi connectivity index (χ1) is 12.1. The monoisotopic (exact) mass is 332 g/mol. The summed E-state index contributed by atoms with van der Waals surface area (Å²) in [6.45, 7) is 0. The minimum Gasteiger partial charge on any atom is -0.334 e. The lowest BCUT2D eigenvalue weighted by molar-refractivity contribution is -0.121. The van der Waals surface area contributed by atoms with Crippen LogP contribution in [0.3, 0.4) is 0 Å². The largest absolute Gasteiger partial charge is 0.334 e. The van der Waals surface area contributed by atoms with Gasteiger partial charge in [0, 0.05) is 20.3 Å². The van der Waals surface area contributed by atoms with E-state index in [0.29, 0.717) is 17.5 Å². The number of likely N-dealkylation sites (N-methyl/N-ethyl adjacent to an activating group) is 1. The van der Waals surface area contributed by atoms with Gasteiger partial charge >= 0.3 is 0 Å². The second-order valence-electron chi connectivity index (χ2n) is 5.77. The number of aryl methyl sites for hydroxylation is 1. The molecule has 1 N–H and O–H groups in total. The fourth-order valence-corrected chi connectivity index (χ4v) is 2.66. The zero-order chi connectivity index (χ0) is 17.4. The molecule has 0 spiro atoms. The van der Waals surface area contributed by atoms with Crippen molar-refractivity contribution in [3.05, 3.63) is 60.2 Å². The van der Waals surface area contributed by atoms with Crippen molar-refractivity contribution < 1.29 is 4.79 Å². The molecule has 0 unspecified atom stereocenters. The second kappa shape index (κ2) is 5.86. The molecule has 7 heteroatoms. The van der Waals surface area contributed by atoms with Crippen molar-refractivity contribution in [2.24, 2.45) is 12.0 Å². The second-order valence-corrected chi connectivity index (χ2v) is 5.77. The first-order valence-electron chi connectivity index (χ1n) is 7.79. The van der Waals surface area contributed by atoms with E-state index in [0.717, 1.165) is 16.6 Å². The average molecular weight is 332 g/mol. The fourth-order valence-electron chi connectivity index (χ4n) is 2.66. The molecule has 0 saturated carbocycles. The van der Waals surface area contributed by atoms with Crippen LogP contribution >= 0.6 is 0 Å². The van der Waals surface area contributed by atoms with Gasteiger partial charge in [0.2, 0.25) is 5.96 Å². The normalized spacial score (nSPS) is 17.7. The zero-order valence-electron chi connectivity index (χ0n) is 13.8. The van der Waals surface area contributed by atoms with Gasteiger partial charge in [-0.3, -0.25) is 9.69 Å². The van der Waals surface area contributed by atoms with Crippen LogP contribution in [-0.2, 0) is 11.8 Å². The van der Waals surface area contributed by atoms with Gasteiger partial charge in [0.15, 0.2) is 5.82 Å². The van der Waals surface area contributed by atoms with Crippen LogP contribution in [0.2, 0.25) is 0 Å². The number of amides is 1. The van der Waals surface area contributed by atoms with E-state index in [1.165, 1.54) is 4.90 Å². The summed E-state index contributed by atoms with van der Waals surface area (Å²) in [5.74, 6) is 0.860. The highest BCUT2D eigenvalue weighted by atomic mass is 16.2. The third kappa shape index (κ3) is 2.76. The van der Waals surface area contributed by atoms with Crippen molar-refractivity contribution in [2.45, 2.75) is 0 Å². The van der Waals surface area contributed by atoms with E-state index in [2.05, 4.69) is 20.3 Å². The van der Waals surface area contributed by atoms with Gasteiger partial charge in [-0.1, -0.05) is 12.1 Å². The zero-order valence-corrected chi connectivity index (χ0v) is 13.8. The summed E-state index contributed by atoms with van der Waals surface area (Å²) in [5, 5.41) is 3.07. The Kier molecular flexibility index (Phi) is 3.53. The number of rotatable bonds is 2. The van der Waals surface area contributed by atoms with E-state index in [9.17, 15) is 4.79 Å². The Hall–Kier alpha value is -3.48. The van der Waals surface area contributed by atoms with Crippen LogP contribution in [0.1, 0.15) is 5.56 Å². The number of nitrogens with zero attached hydrogens (tertiary/aromatic N) is 5. The lowest BCUT2D eigenvalue weighted by Gasteiger charge is -2.06. The molecule has 1 amide bonds. The molecule has 124 valence electrons. The molecule has 0 radical (unpaired) electrons. The quantitative estimate of drug-likeness (QED) is 0.729. The van der Waals surface area contributed by atoms with Gasteiger partial charge in [-0.05, 0) is 35.9 Å². The van der Waals surface area contributed by atoms with Crippen LogP contribution in [0.4, 0.5) is 5.82 Å². The van der Waals surface area contributed by atoms with Crippen molar-refractivity contribution in [3.63, 3.8) is 0 Å². The summed E-state index contributed by atoms with van der Waals surface area (Å²) in [6.07, 6.45) is 5.24. The van der Waals surface area contributed by atoms with Gasteiger partial charge in [0.05, 0.1) is 17.4 Å². The maximum atomic E-state index is 12.5. The fraction of sp³-hybridized carbons (Fsp3) is 0.111. The number of guanidine groups is 1. The van der Waals surface area contributed by atoms with Crippen molar-refractivity contribution in [2.75, 3.05) is 7.05 Å². The molecular formula is C18H16N6O. The molecule has 1 aliphatic heterocycles. The van der Waals surface area contributed by atoms with Crippen LogP contribution in [0, 0.1) is 0 Å². The van der Waals surface area contributed by atoms with Crippen molar-refractivity contribution >= 4 is 34.8 Å². The standard InChI is InChI=1S/C18H16N6O/c1-23-11-20-13-7-6-12(10-15(13)23)9-14-17(25)24(2)18(21-14)22-16-5-3-4-8-19-16/h3-11H,1-2H3,(H,19,21,22)/b14-9-. The molecule has 0 aliphatic carbocycles. The molecule has 2 aromatic heterocycles. The highest BCUT2D eigenvalue weighted by molar-refractivity contribution is 6.15. The van der Waals surface area contributed by atoms with E-state index in [1.807, 2.05) is 48.0 Å². The third-order valence-corrected chi connectivity index (χ3v) is 4.03. The SMILES string of the molecule is CN1C(=O)/C(=C/c2ccc3ncn(C)c3c2)NC1=Nc1ccccn1. The number of hydrogen-bond acceptors (Lipinski definition) is 4. The molecule has 3 heterocycles. The highest BCUT2D eigenvalue weighted by Gasteiger charge is 2.28. The van der Waals surface area contributed by atoms with Gasteiger partial charge in [-0.25, -0.2) is 9.97 Å². The minimum absolute atomic E-state index is 0.139. The maximum absolute atomic E-state index is 12.5. The molecule has 1 aromatic carbocycles. The van der Waals surface area contributed by atoms with E-state index in [4.69, 9.17) is 0 Å². The van der Waals surface area contributed by atoms with Gasteiger partial charge in [-0.15, -0.1) is 0 Å². The van der Waals surface area contributed by atoms with Crippen LogP contribution in [0.25, 0.3) is 17.1 Å². The Balaban J connectivity index is 1.67. The van der Waals surface area contributed by atoms with Gasteiger partial charge < -0.3 is 9.88 Å². The van der Waals surface area contributed by atoms with E-state index < -0.39 is 0 Å². The number of imidazole rings is 1. The first-order valence-corrected chi connectivity index (χ1v) is 7.79. The summed E-state index contributed by atoms with van der Waals surface area (Å²) >= 11 is 0. The number of hydrogen-bond donors (Lipinski definition) is 1. The average Bonchev–Trinajstić information content (AvgIpc) is 3.12. The number of carbonyl (C=O) groups is 1. The minimum atomic E-state index is -0.139. The number of nitrogens with one attached hydrogen (secondary N) is 1. The van der Waals surface area contributed by atoms with Crippen LogP contribution in [0.5, 0.6) is 0 Å². The Bertz CT molecular complexity index is 1020. The summed E-state index contributed by atoms with van der Waals surface area (Å²) in [6, 6.07) is 11.3. The summed E-state index contributed by atoms with van der Waals surface area (Å²) in [4.78, 5) is 26.8. The number of pyridine rings is 1. The molecule has 0 bridgehead atoms.